The van der Waals surface area contributed by atoms with Crippen LogP contribution in [0.2, 0.25) is 0 Å². The lowest BCUT2D eigenvalue weighted by Crippen LogP contribution is -2.09. The molecule has 0 radical (unpaired) electrons. The Bertz CT molecular complexity index is 2780. The average molecular weight is 669 g/mol. The second-order valence-electron chi connectivity index (χ2n) is 12.6. The molecule has 0 amide bonds. The zero-order valence-corrected chi connectivity index (χ0v) is 27.8. The number of furan rings is 1. The number of anilines is 3. The van der Waals surface area contributed by atoms with Crippen molar-refractivity contribution in [3.63, 3.8) is 0 Å². The van der Waals surface area contributed by atoms with Crippen LogP contribution in [-0.4, -0.2) is 24.9 Å². The molecule has 6 heterocycles. The molecular weight excluding hydrogens is 641 g/mol. The number of hydrogen-bond donors (Lipinski definition) is 0. The van der Waals surface area contributed by atoms with E-state index in [1.165, 1.54) is 0 Å². The van der Waals surface area contributed by atoms with Gasteiger partial charge in [-0.15, -0.1) is 0 Å². The van der Waals surface area contributed by atoms with Gasteiger partial charge in [-0.2, -0.15) is 0 Å². The topological polar surface area (TPSA) is 80.8 Å². The molecule has 0 bridgehead atoms. The summed E-state index contributed by atoms with van der Waals surface area (Å²) in [7, 11) is 0. The number of fused-ring (bicyclic) bond motifs is 5. The first kappa shape index (κ1) is 29.6. The van der Waals surface area contributed by atoms with Gasteiger partial charge >= 0.3 is 0 Å². The van der Waals surface area contributed by atoms with Crippen LogP contribution in [0.5, 0.6) is 0 Å². The van der Waals surface area contributed by atoms with Crippen molar-refractivity contribution in [3.8, 4) is 33.6 Å². The Morgan fingerprint density at radius 2 is 0.904 bits per heavy atom. The summed E-state index contributed by atoms with van der Waals surface area (Å²) < 4.78 is 6.26. The molecule has 4 aromatic carbocycles. The van der Waals surface area contributed by atoms with E-state index in [9.17, 15) is 0 Å². The number of aromatic nitrogens is 5. The number of hydrogen-bond acceptors (Lipinski definition) is 7. The molecule has 0 fully saturated rings. The summed E-state index contributed by atoms with van der Waals surface area (Å²) in [6, 6.07) is 52.0. The Labute approximate surface area is 298 Å². The molecule has 0 aliphatic heterocycles. The van der Waals surface area contributed by atoms with Crippen LogP contribution < -0.4 is 4.90 Å². The lowest BCUT2D eigenvalue weighted by atomic mass is 10.0. The van der Waals surface area contributed by atoms with Crippen LogP contribution >= 0.6 is 0 Å². The molecule has 10 aromatic rings. The maximum absolute atomic E-state index is 6.26. The largest absolute Gasteiger partial charge is 0.437 e. The average Bonchev–Trinajstić information content (AvgIpc) is 3.61. The summed E-state index contributed by atoms with van der Waals surface area (Å²) in [6.07, 6.45) is 5.31. The minimum absolute atomic E-state index is 0.643. The molecule has 0 atom stereocenters. The third-order valence-corrected chi connectivity index (χ3v) is 9.48. The second kappa shape index (κ2) is 12.3. The van der Waals surface area contributed by atoms with Gasteiger partial charge in [-0.3, -0.25) is 0 Å². The Morgan fingerprint density at radius 3 is 1.48 bits per heavy atom. The normalized spacial score (nSPS) is 11.5. The smallest absolute Gasteiger partial charge is 0.227 e. The van der Waals surface area contributed by atoms with E-state index in [0.717, 1.165) is 89.1 Å². The van der Waals surface area contributed by atoms with Gasteiger partial charge in [0.05, 0.1) is 11.4 Å². The lowest BCUT2D eigenvalue weighted by molar-refractivity contribution is 0.655. The minimum atomic E-state index is 0.643. The number of benzene rings is 4. The van der Waals surface area contributed by atoms with Crippen LogP contribution in [0.4, 0.5) is 17.1 Å². The van der Waals surface area contributed by atoms with Crippen molar-refractivity contribution < 1.29 is 4.42 Å². The van der Waals surface area contributed by atoms with Gasteiger partial charge in [-0.05, 0) is 103 Å². The maximum atomic E-state index is 6.26. The fourth-order valence-electron chi connectivity index (χ4n) is 6.89. The van der Waals surface area contributed by atoms with Crippen LogP contribution in [0.1, 0.15) is 0 Å². The molecule has 0 aliphatic rings. The van der Waals surface area contributed by atoms with Crippen LogP contribution in [0.15, 0.2) is 175 Å². The molecule has 6 aromatic heterocycles. The van der Waals surface area contributed by atoms with Crippen molar-refractivity contribution in [2.24, 2.45) is 0 Å². The van der Waals surface area contributed by atoms with Crippen molar-refractivity contribution in [3.05, 3.63) is 170 Å². The van der Waals surface area contributed by atoms with Crippen molar-refractivity contribution in [2.45, 2.75) is 0 Å². The SMILES string of the molecule is c1cnc2nc(-c3ccc(N(c4ccc(-c5ccc6cccnc6n5)cc4)c4ccc(-c5cccc6c5oc5ncccc56)cc4)cc3)ccc2c1. The zero-order chi connectivity index (χ0) is 34.4. The van der Waals surface area contributed by atoms with E-state index < -0.39 is 0 Å². The van der Waals surface area contributed by atoms with Crippen LogP contribution in [0, 0.1) is 0 Å². The van der Waals surface area contributed by atoms with E-state index >= 15 is 0 Å². The van der Waals surface area contributed by atoms with Crippen LogP contribution in [0.25, 0.3) is 77.8 Å². The Balaban J connectivity index is 1.04. The Morgan fingerprint density at radius 1 is 0.404 bits per heavy atom. The van der Waals surface area contributed by atoms with E-state index in [0.29, 0.717) is 5.71 Å². The highest BCUT2D eigenvalue weighted by atomic mass is 16.3. The molecule has 10 rings (SSSR count). The fraction of sp³-hybridized carbons (Fsp3) is 0. The highest BCUT2D eigenvalue weighted by Gasteiger charge is 2.16. The summed E-state index contributed by atoms with van der Waals surface area (Å²) in [4.78, 5) is 25.3. The highest BCUT2D eigenvalue weighted by Crippen LogP contribution is 2.39. The standard InChI is InChI=1S/C45H28N6O/c1-7-37(42-38(8-1)39-9-4-28-48-45(39)52-42)29-10-18-34(19-11-29)51(35-20-12-30(13-21-35)40-24-16-32-5-2-26-46-43(32)49-40)36-22-14-31(15-23-36)41-25-17-33-6-3-27-47-44(33)50-41/h1-28H. The molecule has 7 nitrogen and oxygen atoms in total. The summed E-state index contributed by atoms with van der Waals surface area (Å²) in [5.41, 5.74) is 11.9. The van der Waals surface area contributed by atoms with Gasteiger partial charge in [0.15, 0.2) is 11.3 Å². The van der Waals surface area contributed by atoms with Crippen molar-refractivity contribution in [2.75, 3.05) is 4.90 Å². The van der Waals surface area contributed by atoms with Crippen molar-refractivity contribution in [1.29, 1.82) is 0 Å². The van der Waals surface area contributed by atoms with Gasteiger partial charge in [0.1, 0.15) is 5.58 Å². The van der Waals surface area contributed by atoms with E-state index in [4.69, 9.17) is 14.4 Å². The summed E-state index contributed by atoms with van der Waals surface area (Å²) in [5, 5.41) is 4.10. The molecule has 0 spiro atoms. The number of para-hydroxylation sites is 1. The third kappa shape index (κ3) is 5.20. The van der Waals surface area contributed by atoms with Crippen molar-refractivity contribution >= 4 is 61.2 Å². The van der Waals surface area contributed by atoms with Crippen LogP contribution in [0.3, 0.4) is 0 Å². The molecule has 0 N–H and O–H groups in total. The predicted octanol–water partition coefficient (Wildman–Crippen LogP) is 11.3. The summed E-state index contributed by atoms with van der Waals surface area (Å²) in [6.45, 7) is 0. The van der Waals surface area contributed by atoms with E-state index in [1.807, 2.05) is 42.5 Å². The van der Waals surface area contributed by atoms with E-state index in [-0.39, 0.29) is 0 Å². The Kier molecular flexibility index (Phi) is 6.99. The predicted molar refractivity (Wildman–Crippen MR) is 209 cm³/mol. The van der Waals surface area contributed by atoms with Gasteiger partial charge in [0.25, 0.3) is 0 Å². The minimum Gasteiger partial charge on any atom is -0.437 e. The number of rotatable bonds is 6. The molecule has 0 unspecified atom stereocenters. The maximum Gasteiger partial charge on any atom is 0.227 e. The number of pyridine rings is 5. The van der Waals surface area contributed by atoms with Gasteiger partial charge in [-0.25, -0.2) is 24.9 Å². The molecule has 7 heteroatoms. The molecular formula is C45H28N6O. The number of nitrogens with zero attached hydrogens (tertiary/aromatic N) is 6. The third-order valence-electron chi connectivity index (χ3n) is 9.48. The Hall–Kier alpha value is -7.25. The van der Waals surface area contributed by atoms with Gasteiger partial charge in [-0.1, -0.05) is 54.6 Å². The quantitative estimate of drug-likeness (QED) is 0.174. The van der Waals surface area contributed by atoms with E-state index in [2.05, 4.69) is 129 Å². The van der Waals surface area contributed by atoms with Crippen LogP contribution in [-0.2, 0) is 0 Å². The first-order valence-corrected chi connectivity index (χ1v) is 17.1. The second-order valence-corrected chi connectivity index (χ2v) is 12.6. The lowest BCUT2D eigenvalue weighted by Gasteiger charge is -2.26. The summed E-state index contributed by atoms with van der Waals surface area (Å²) in [5.74, 6) is 0. The zero-order valence-electron chi connectivity index (χ0n) is 27.8. The monoisotopic (exact) mass is 668 g/mol. The molecule has 244 valence electrons. The first-order valence-electron chi connectivity index (χ1n) is 17.1. The van der Waals surface area contributed by atoms with Gasteiger partial charge < -0.3 is 9.32 Å². The van der Waals surface area contributed by atoms with Gasteiger partial charge in [0.2, 0.25) is 5.71 Å². The molecule has 0 saturated carbocycles. The fourth-order valence-corrected chi connectivity index (χ4v) is 6.89. The van der Waals surface area contributed by atoms with Crippen molar-refractivity contribution in [1.82, 2.24) is 24.9 Å². The first-order chi connectivity index (χ1) is 25.7. The molecule has 52 heavy (non-hydrogen) atoms. The molecule has 0 aliphatic carbocycles. The summed E-state index contributed by atoms with van der Waals surface area (Å²) >= 11 is 0. The molecule has 0 saturated heterocycles. The highest BCUT2D eigenvalue weighted by molar-refractivity contribution is 6.08. The van der Waals surface area contributed by atoms with E-state index in [1.54, 1.807) is 18.6 Å². The van der Waals surface area contributed by atoms with Gasteiger partial charge in [0, 0.05) is 73.9 Å².